The molecule has 0 aliphatic heterocycles. The van der Waals surface area contributed by atoms with Crippen molar-refractivity contribution in [3.05, 3.63) is 120 Å². The predicted molar refractivity (Wildman–Crippen MR) is 166 cm³/mol. The molecule has 0 aliphatic rings. The molecule has 0 saturated carbocycles. The molecule has 222 valence electrons. The molecule has 6 nitrogen and oxygen atoms in total. The van der Waals surface area contributed by atoms with Gasteiger partial charge in [0.15, 0.2) is 0 Å². The molecule has 0 spiro atoms. The molecule has 0 aliphatic carbocycles. The van der Waals surface area contributed by atoms with Crippen molar-refractivity contribution in [2.75, 3.05) is 13.2 Å². The highest BCUT2D eigenvalue weighted by molar-refractivity contribution is 5.81. The third kappa shape index (κ3) is 8.35. The minimum Gasteiger partial charge on any atom is -0.490 e. The Labute approximate surface area is 250 Å². The van der Waals surface area contributed by atoms with Gasteiger partial charge in [-0.2, -0.15) is 0 Å². The lowest BCUT2D eigenvalue weighted by molar-refractivity contribution is -0.144. The van der Waals surface area contributed by atoms with E-state index in [9.17, 15) is 9.59 Å². The van der Waals surface area contributed by atoms with E-state index in [0.29, 0.717) is 11.5 Å². The van der Waals surface area contributed by atoms with Crippen LogP contribution in [0.5, 0.6) is 11.5 Å². The molecule has 0 heterocycles. The molecular formula is C36H42O6. The average Bonchev–Trinajstić information content (AvgIpc) is 2.99. The zero-order chi connectivity index (χ0) is 30.9. The number of ether oxygens (including phenoxy) is 4. The molecule has 0 N–H and O–H groups in total. The van der Waals surface area contributed by atoms with Crippen LogP contribution in [0, 0.1) is 0 Å². The van der Waals surface area contributed by atoms with Crippen LogP contribution in [-0.2, 0) is 29.9 Å². The maximum absolute atomic E-state index is 11.4. The molecule has 2 unspecified atom stereocenters. The van der Waals surface area contributed by atoms with Gasteiger partial charge in [0.1, 0.15) is 36.9 Å². The van der Waals surface area contributed by atoms with Gasteiger partial charge in [-0.05, 0) is 60.4 Å². The third-order valence-corrected chi connectivity index (χ3v) is 7.40. The van der Waals surface area contributed by atoms with E-state index in [1.54, 1.807) is 13.8 Å². The van der Waals surface area contributed by atoms with Crippen molar-refractivity contribution in [2.45, 2.75) is 64.6 Å². The van der Waals surface area contributed by atoms with Gasteiger partial charge in [-0.1, -0.05) is 89.4 Å². The topological polar surface area (TPSA) is 71.1 Å². The molecular weight excluding hydrogens is 528 g/mol. The van der Waals surface area contributed by atoms with Crippen LogP contribution in [-0.4, -0.2) is 37.4 Å². The summed E-state index contributed by atoms with van der Waals surface area (Å²) in [6, 6.07) is 24.8. The average molecular weight is 571 g/mol. The molecule has 6 heteroatoms. The summed E-state index contributed by atoms with van der Waals surface area (Å²) in [4.78, 5) is 22.7. The van der Waals surface area contributed by atoms with Crippen molar-refractivity contribution in [3.63, 3.8) is 0 Å². The first kappa shape index (κ1) is 32.2. The Hall–Kier alpha value is -4.32. The van der Waals surface area contributed by atoms with Gasteiger partial charge in [-0.3, -0.25) is 0 Å². The van der Waals surface area contributed by atoms with Gasteiger partial charge in [0.25, 0.3) is 0 Å². The lowest BCUT2D eigenvalue weighted by Crippen LogP contribution is -2.23. The fourth-order valence-corrected chi connectivity index (χ4v) is 4.55. The normalized spacial score (nSPS) is 12.9. The molecule has 0 radical (unpaired) electrons. The number of carbonyl (C=O) groups is 2. The lowest BCUT2D eigenvalue weighted by Gasteiger charge is -2.31. The van der Waals surface area contributed by atoms with Gasteiger partial charge in [0, 0.05) is 23.0 Å². The van der Waals surface area contributed by atoms with Crippen LogP contribution in [0.2, 0.25) is 0 Å². The zero-order valence-corrected chi connectivity index (χ0v) is 25.5. The van der Waals surface area contributed by atoms with E-state index in [1.807, 2.05) is 24.3 Å². The van der Waals surface area contributed by atoms with Crippen LogP contribution >= 0.6 is 0 Å². The molecule has 0 aromatic heterocycles. The molecule has 0 fully saturated rings. The number of hydrogen-bond acceptors (Lipinski definition) is 6. The molecule has 42 heavy (non-hydrogen) atoms. The number of benzene rings is 3. The summed E-state index contributed by atoms with van der Waals surface area (Å²) in [6.45, 7) is 19.8. The van der Waals surface area contributed by atoms with E-state index in [4.69, 9.17) is 18.9 Å². The van der Waals surface area contributed by atoms with Crippen molar-refractivity contribution >= 4 is 11.9 Å². The van der Waals surface area contributed by atoms with Gasteiger partial charge < -0.3 is 18.9 Å². The first-order valence-corrected chi connectivity index (χ1v) is 14.1. The second-order valence-electron chi connectivity index (χ2n) is 11.4. The lowest BCUT2D eigenvalue weighted by atomic mass is 9.73. The fraction of sp³-hybridized carbons (Fsp3) is 0.333. The minimum atomic E-state index is -0.463. The molecule has 0 amide bonds. The SMILES string of the molecule is C=CC(=O)OC(C)COc1ccc(C(C)(C)c2cccc(C(C)(C)c3ccc(OCC(C)OC(=O)C=C)cc3)c2)cc1. The molecule has 0 saturated heterocycles. The smallest absolute Gasteiger partial charge is 0.330 e. The summed E-state index contributed by atoms with van der Waals surface area (Å²) in [5.74, 6) is 0.501. The monoisotopic (exact) mass is 570 g/mol. The van der Waals surface area contributed by atoms with Crippen molar-refractivity contribution in [3.8, 4) is 11.5 Å². The van der Waals surface area contributed by atoms with Gasteiger partial charge in [0.05, 0.1) is 0 Å². The largest absolute Gasteiger partial charge is 0.490 e. The second-order valence-corrected chi connectivity index (χ2v) is 11.4. The van der Waals surface area contributed by atoms with E-state index in [1.165, 1.54) is 11.1 Å². The van der Waals surface area contributed by atoms with Crippen LogP contribution in [0.1, 0.15) is 63.8 Å². The summed E-state index contributed by atoms with van der Waals surface area (Å²) >= 11 is 0. The summed E-state index contributed by atoms with van der Waals surface area (Å²) in [5.41, 5.74) is 4.22. The second kappa shape index (κ2) is 14.0. The van der Waals surface area contributed by atoms with E-state index in [0.717, 1.165) is 23.3 Å². The van der Waals surface area contributed by atoms with Gasteiger partial charge in [-0.25, -0.2) is 9.59 Å². The molecule has 0 bridgehead atoms. The number of carbonyl (C=O) groups excluding carboxylic acids is 2. The van der Waals surface area contributed by atoms with Crippen LogP contribution in [0.25, 0.3) is 0 Å². The van der Waals surface area contributed by atoms with Gasteiger partial charge >= 0.3 is 11.9 Å². The zero-order valence-electron chi connectivity index (χ0n) is 25.5. The standard InChI is InChI=1S/C36H42O6/c1-9-33(37)41-25(3)23-39-31-18-14-27(15-19-31)35(5,6)29-12-11-13-30(22-29)36(7,8)28-16-20-32(21-17-28)40-24-26(4)42-34(38)10-2/h9-22,25-26H,1-2,23-24H2,3-8H3. The van der Waals surface area contributed by atoms with Gasteiger partial charge in [0.2, 0.25) is 0 Å². The van der Waals surface area contributed by atoms with E-state index >= 15 is 0 Å². The first-order valence-electron chi connectivity index (χ1n) is 14.1. The Kier molecular flexibility index (Phi) is 10.8. The van der Waals surface area contributed by atoms with Gasteiger partial charge in [-0.15, -0.1) is 0 Å². The Bertz CT molecular complexity index is 1270. The fourth-order valence-electron chi connectivity index (χ4n) is 4.55. The highest BCUT2D eigenvalue weighted by Crippen LogP contribution is 2.37. The van der Waals surface area contributed by atoms with Crippen LogP contribution in [0.15, 0.2) is 98.1 Å². The third-order valence-electron chi connectivity index (χ3n) is 7.40. The minimum absolute atomic E-state index is 0.249. The highest BCUT2D eigenvalue weighted by atomic mass is 16.6. The molecule has 3 rings (SSSR count). The summed E-state index contributed by atoms with van der Waals surface area (Å²) in [6.07, 6.45) is 1.54. The van der Waals surface area contributed by atoms with Crippen molar-refractivity contribution < 1.29 is 28.5 Å². The van der Waals surface area contributed by atoms with Crippen molar-refractivity contribution in [1.82, 2.24) is 0 Å². The number of rotatable bonds is 14. The summed E-state index contributed by atoms with van der Waals surface area (Å²) in [7, 11) is 0. The van der Waals surface area contributed by atoms with E-state index < -0.39 is 11.9 Å². The number of hydrogen-bond donors (Lipinski definition) is 0. The molecule has 2 atom stereocenters. The van der Waals surface area contributed by atoms with Crippen molar-refractivity contribution in [1.29, 1.82) is 0 Å². The Morgan fingerprint density at radius 3 is 1.33 bits per heavy atom. The molecule has 3 aromatic rings. The van der Waals surface area contributed by atoms with Crippen molar-refractivity contribution in [2.24, 2.45) is 0 Å². The van der Waals surface area contributed by atoms with Crippen LogP contribution in [0.4, 0.5) is 0 Å². The number of esters is 2. The Balaban J connectivity index is 1.70. The summed E-state index contributed by atoms with van der Waals surface area (Å²) < 4.78 is 21.9. The Morgan fingerprint density at radius 2 is 1.00 bits per heavy atom. The quantitative estimate of drug-likeness (QED) is 0.149. The first-order chi connectivity index (χ1) is 19.9. The Morgan fingerprint density at radius 1 is 0.643 bits per heavy atom. The van der Waals surface area contributed by atoms with Crippen LogP contribution < -0.4 is 9.47 Å². The predicted octanol–water partition coefficient (Wildman–Crippen LogP) is 7.33. The van der Waals surface area contributed by atoms with E-state index in [-0.39, 0.29) is 36.3 Å². The summed E-state index contributed by atoms with van der Waals surface area (Å²) in [5, 5.41) is 0. The maximum atomic E-state index is 11.4. The van der Waals surface area contributed by atoms with E-state index in [2.05, 4.69) is 89.4 Å². The molecule has 3 aromatic carbocycles. The maximum Gasteiger partial charge on any atom is 0.330 e. The highest BCUT2D eigenvalue weighted by Gasteiger charge is 2.28. The van der Waals surface area contributed by atoms with Crippen LogP contribution in [0.3, 0.4) is 0 Å².